The van der Waals surface area contributed by atoms with Crippen molar-refractivity contribution in [2.24, 2.45) is 0 Å². The van der Waals surface area contributed by atoms with Crippen LogP contribution in [0, 0.1) is 0 Å². The van der Waals surface area contributed by atoms with E-state index in [0.29, 0.717) is 0 Å². The second-order valence-corrected chi connectivity index (χ2v) is 5.78. The predicted molar refractivity (Wildman–Crippen MR) is 98.8 cm³/mol. The van der Waals surface area contributed by atoms with Gasteiger partial charge in [-0.05, 0) is 36.2 Å². The summed E-state index contributed by atoms with van der Waals surface area (Å²) in [7, 11) is 1.41. The molecule has 1 unspecified atom stereocenters. The van der Waals surface area contributed by atoms with Gasteiger partial charge in [-0.25, -0.2) is 0 Å². The molecule has 0 aliphatic heterocycles. The molecule has 3 rings (SSSR count). The maximum Gasteiger partial charge on any atom is 0.312 e. The Hall–Kier alpha value is -3.07. The third-order valence-corrected chi connectivity index (χ3v) is 4.13. The van der Waals surface area contributed by atoms with Gasteiger partial charge in [0.15, 0.2) is 0 Å². The van der Waals surface area contributed by atoms with Crippen molar-refractivity contribution >= 4 is 5.97 Å². The van der Waals surface area contributed by atoms with Crippen LogP contribution in [-0.2, 0) is 9.53 Å². The van der Waals surface area contributed by atoms with Crippen LogP contribution < -0.4 is 4.74 Å². The highest BCUT2D eigenvalue weighted by Gasteiger charge is 2.15. The van der Waals surface area contributed by atoms with Gasteiger partial charge in [0.1, 0.15) is 11.5 Å². The van der Waals surface area contributed by atoms with Gasteiger partial charge in [-0.1, -0.05) is 60.7 Å². The van der Waals surface area contributed by atoms with Crippen molar-refractivity contribution in [3.05, 3.63) is 84.4 Å². The molecule has 0 saturated carbocycles. The Kier molecular flexibility index (Phi) is 5.14. The first-order valence-electron chi connectivity index (χ1n) is 8.19. The highest BCUT2D eigenvalue weighted by molar-refractivity contribution is 5.78. The SMILES string of the molecule is COC(=O)C(C)c1ccc(-c2ccccc2Oc2ccccc2)cc1. The van der Waals surface area contributed by atoms with Crippen molar-refractivity contribution in [3.63, 3.8) is 0 Å². The second kappa shape index (κ2) is 7.67. The third kappa shape index (κ3) is 3.89. The monoisotopic (exact) mass is 332 g/mol. The van der Waals surface area contributed by atoms with E-state index in [4.69, 9.17) is 9.47 Å². The lowest BCUT2D eigenvalue weighted by molar-refractivity contribution is -0.141. The fourth-order valence-corrected chi connectivity index (χ4v) is 2.67. The van der Waals surface area contributed by atoms with E-state index in [-0.39, 0.29) is 11.9 Å². The molecule has 1 atom stereocenters. The van der Waals surface area contributed by atoms with E-state index in [9.17, 15) is 4.79 Å². The molecule has 0 saturated heterocycles. The topological polar surface area (TPSA) is 35.5 Å². The summed E-state index contributed by atoms with van der Waals surface area (Å²) in [6.45, 7) is 1.84. The van der Waals surface area contributed by atoms with Crippen LogP contribution in [0.1, 0.15) is 18.4 Å². The van der Waals surface area contributed by atoms with Crippen LogP contribution in [-0.4, -0.2) is 13.1 Å². The highest BCUT2D eigenvalue weighted by Crippen LogP contribution is 2.33. The average molecular weight is 332 g/mol. The Bertz CT molecular complexity index is 839. The first-order chi connectivity index (χ1) is 12.2. The Morgan fingerprint density at radius 2 is 1.48 bits per heavy atom. The van der Waals surface area contributed by atoms with Crippen LogP contribution in [0.15, 0.2) is 78.9 Å². The van der Waals surface area contributed by atoms with Crippen LogP contribution in [0.25, 0.3) is 11.1 Å². The normalized spacial score (nSPS) is 11.6. The lowest BCUT2D eigenvalue weighted by Crippen LogP contribution is -2.10. The van der Waals surface area contributed by atoms with Crippen molar-refractivity contribution < 1.29 is 14.3 Å². The lowest BCUT2D eigenvalue weighted by atomic mass is 9.97. The van der Waals surface area contributed by atoms with Gasteiger partial charge in [-0.2, -0.15) is 0 Å². The molecule has 3 aromatic carbocycles. The number of ether oxygens (including phenoxy) is 2. The quantitative estimate of drug-likeness (QED) is 0.585. The molecule has 0 heterocycles. The number of rotatable bonds is 5. The number of benzene rings is 3. The van der Waals surface area contributed by atoms with E-state index in [0.717, 1.165) is 28.2 Å². The standard InChI is InChI=1S/C22H20O3/c1-16(22(23)24-2)17-12-14-18(15-13-17)20-10-6-7-11-21(20)25-19-8-4-3-5-9-19/h3-16H,1-2H3. The Morgan fingerprint density at radius 3 is 2.16 bits per heavy atom. The summed E-state index contributed by atoms with van der Waals surface area (Å²) < 4.78 is 10.8. The van der Waals surface area contributed by atoms with Crippen molar-refractivity contribution in [2.75, 3.05) is 7.11 Å². The molecule has 0 aliphatic rings. The first-order valence-corrected chi connectivity index (χ1v) is 8.19. The van der Waals surface area contributed by atoms with Gasteiger partial charge in [0.05, 0.1) is 13.0 Å². The Morgan fingerprint density at radius 1 is 0.840 bits per heavy atom. The maximum atomic E-state index is 11.7. The smallest absolute Gasteiger partial charge is 0.312 e. The molecule has 126 valence electrons. The van der Waals surface area contributed by atoms with Crippen molar-refractivity contribution in [3.8, 4) is 22.6 Å². The molecular formula is C22H20O3. The molecule has 0 bridgehead atoms. The molecule has 3 aromatic rings. The van der Waals surface area contributed by atoms with Gasteiger partial charge < -0.3 is 9.47 Å². The number of hydrogen-bond donors (Lipinski definition) is 0. The molecule has 0 N–H and O–H groups in total. The molecule has 0 radical (unpaired) electrons. The average Bonchev–Trinajstić information content (AvgIpc) is 2.68. The van der Waals surface area contributed by atoms with E-state index in [1.807, 2.05) is 85.8 Å². The lowest BCUT2D eigenvalue weighted by Gasteiger charge is -2.13. The minimum atomic E-state index is -0.283. The maximum absolute atomic E-state index is 11.7. The molecule has 3 nitrogen and oxygen atoms in total. The van der Waals surface area contributed by atoms with Gasteiger partial charge in [0, 0.05) is 5.56 Å². The van der Waals surface area contributed by atoms with Gasteiger partial charge >= 0.3 is 5.97 Å². The van der Waals surface area contributed by atoms with Gasteiger partial charge in [0.25, 0.3) is 0 Å². The molecule has 0 aromatic heterocycles. The van der Waals surface area contributed by atoms with Crippen molar-refractivity contribution in [2.45, 2.75) is 12.8 Å². The summed E-state index contributed by atoms with van der Waals surface area (Å²) in [5.41, 5.74) is 2.97. The summed E-state index contributed by atoms with van der Waals surface area (Å²) in [6.07, 6.45) is 0. The number of carbonyl (C=O) groups is 1. The zero-order valence-electron chi connectivity index (χ0n) is 14.3. The van der Waals surface area contributed by atoms with Crippen LogP contribution in [0.2, 0.25) is 0 Å². The second-order valence-electron chi connectivity index (χ2n) is 5.78. The summed E-state index contributed by atoms with van der Waals surface area (Å²) >= 11 is 0. The minimum absolute atomic E-state index is 0.236. The summed E-state index contributed by atoms with van der Waals surface area (Å²) in [5.74, 6) is 1.07. The highest BCUT2D eigenvalue weighted by atomic mass is 16.5. The number of hydrogen-bond acceptors (Lipinski definition) is 3. The zero-order valence-corrected chi connectivity index (χ0v) is 14.3. The van der Waals surface area contributed by atoms with E-state index in [1.54, 1.807) is 0 Å². The predicted octanol–water partition coefficient (Wildman–Crippen LogP) is 5.42. The number of methoxy groups -OCH3 is 1. The zero-order chi connectivity index (χ0) is 17.6. The van der Waals surface area contributed by atoms with E-state index in [1.165, 1.54) is 7.11 Å². The molecule has 0 aliphatic carbocycles. The van der Waals surface area contributed by atoms with Gasteiger partial charge in [-0.15, -0.1) is 0 Å². The van der Waals surface area contributed by atoms with Gasteiger partial charge in [0.2, 0.25) is 0 Å². The summed E-state index contributed by atoms with van der Waals surface area (Å²) in [5, 5.41) is 0. The largest absolute Gasteiger partial charge is 0.469 e. The number of esters is 1. The fourth-order valence-electron chi connectivity index (χ4n) is 2.67. The molecular weight excluding hydrogens is 312 g/mol. The van der Waals surface area contributed by atoms with Crippen LogP contribution in [0.3, 0.4) is 0 Å². The Labute approximate surface area is 147 Å². The summed E-state index contributed by atoms with van der Waals surface area (Å²) in [4.78, 5) is 11.7. The Balaban J connectivity index is 1.88. The fraction of sp³-hybridized carbons (Fsp3) is 0.136. The third-order valence-electron chi connectivity index (χ3n) is 4.13. The number of para-hydroxylation sites is 2. The molecule has 3 heteroatoms. The molecule has 0 fully saturated rings. The van der Waals surface area contributed by atoms with E-state index < -0.39 is 0 Å². The van der Waals surface area contributed by atoms with Crippen LogP contribution in [0.4, 0.5) is 0 Å². The van der Waals surface area contributed by atoms with Crippen molar-refractivity contribution in [1.82, 2.24) is 0 Å². The van der Waals surface area contributed by atoms with Gasteiger partial charge in [-0.3, -0.25) is 4.79 Å². The minimum Gasteiger partial charge on any atom is -0.469 e. The molecule has 25 heavy (non-hydrogen) atoms. The first kappa shape index (κ1) is 16.8. The van der Waals surface area contributed by atoms with Crippen molar-refractivity contribution in [1.29, 1.82) is 0 Å². The molecule has 0 amide bonds. The molecule has 0 spiro atoms. The number of carbonyl (C=O) groups excluding carboxylic acids is 1. The summed E-state index contributed by atoms with van der Waals surface area (Å²) in [6, 6.07) is 25.5. The van der Waals surface area contributed by atoms with E-state index >= 15 is 0 Å². The van der Waals surface area contributed by atoms with E-state index in [2.05, 4.69) is 0 Å². The van der Waals surface area contributed by atoms with Crippen LogP contribution in [0.5, 0.6) is 11.5 Å². The van der Waals surface area contributed by atoms with Crippen LogP contribution >= 0.6 is 0 Å².